The second-order valence-corrected chi connectivity index (χ2v) is 7.99. The van der Waals surface area contributed by atoms with Crippen molar-refractivity contribution in [3.63, 3.8) is 0 Å². The average Bonchev–Trinajstić information content (AvgIpc) is 3.55. The number of furan rings is 1. The molecule has 0 saturated heterocycles. The summed E-state index contributed by atoms with van der Waals surface area (Å²) < 4.78 is 16.4. The Morgan fingerprint density at radius 1 is 1.15 bits per heavy atom. The summed E-state index contributed by atoms with van der Waals surface area (Å²) in [5.74, 6) is 1.52. The number of nitrogens with one attached hydrogen (secondary N) is 1. The van der Waals surface area contributed by atoms with E-state index in [-0.39, 0.29) is 18.2 Å². The maximum absolute atomic E-state index is 13.4. The second-order valence-electron chi connectivity index (χ2n) is 7.55. The monoisotopic (exact) mass is 465 g/mol. The summed E-state index contributed by atoms with van der Waals surface area (Å²) in [5, 5.41) is 18.2. The number of benzene rings is 2. The van der Waals surface area contributed by atoms with Crippen LogP contribution in [0.1, 0.15) is 33.4 Å². The van der Waals surface area contributed by atoms with Gasteiger partial charge >= 0.3 is 0 Å². The van der Waals surface area contributed by atoms with Gasteiger partial charge in [-0.25, -0.2) is 0 Å². The van der Waals surface area contributed by atoms with Crippen LogP contribution in [0.2, 0.25) is 5.02 Å². The highest BCUT2D eigenvalue weighted by molar-refractivity contribution is 6.31. The van der Waals surface area contributed by atoms with E-state index in [0.29, 0.717) is 44.8 Å². The van der Waals surface area contributed by atoms with Gasteiger partial charge in [0.25, 0.3) is 5.91 Å². The molecule has 8 nitrogen and oxygen atoms in total. The van der Waals surface area contributed by atoms with Gasteiger partial charge in [0, 0.05) is 16.1 Å². The first-order chi connectivity index (χ1) is 16.0. The number of aromatic nitrogens is 2. The molecule has 2 aromatic carbocycles. The summed E-state index contributed by atoms with van der Waals surface area (Å²) >= 11 is 6.19. The molecule has 1 amide bonds. The van der Waals surface area contributed by atoms with Crippen LogP contribution in [0, 0.1) is 0 Å². The Morgan fingerprint density at radius 3 is 2.70 bits per heavy atom. The Hall–Kier alpha value is -3.91. The van der Waals surface area contributed by atoms with E-state index in [1.165, 1.54) is 6.07 Å². The zero-order valence-electron chi connectivity index (χ0n) is 17.8. The second kappa shape index (κ2) is 8.22. The number of hydrogen-bond donors (Lipinski definition) is 2. The molecule has 5 rings (SSSR count). The Kier molecular flexibility index (Phi) is 5.22. The predicted octanol–water partition coefficient (Wildman–Crippen LogP) is 4.79. The average molecular weight is 466 g/mol. The molecule has 4 aromatic rings. The van der Waals surface area contributed by atoms with Crippen LogP contribution in [0.15, 0.2) is 59.2 Å². The number of amides is 1. The van der Waals surface area contributed by atoms with Crippen LogP contribution in [0.4, 0.5) is 0 Å². The number of rotatable bonds is 6. The number of ether oxygens (including phenoxy) is 2. The molecule has 1 aliphatic rings. The zero-order chi connectivity index (χ0) is 23.1. The number of nitrogens with zero attached hydrogens (tertiary/aromatic N) is 2. The summed E-state index contributed by atoms with van der Waals surface area (Å²) in [6, 6.07) is 13.3. The Balaban J connectivity index is 1.70. The van der Waals surface area contributed by atoms with E-state index >= 15 is 0 Å². The number of aromatic hydroxyl groups is 1. The van der Waals surface area contributed by atoms with Gasteiger partial charge in [-0.3, -0.25) is 9.89 Å². The first kappa shape index (κ1) is 21.0. The highest BCUT2D eigenvalue weighted by atomic mass is 35.5. The van der Waals surface area contributed by atoms with Crippen molar-refractivity contribution in [3.8, 4) is 28.5 Å². The van der Waals surface area contributed by atoms with E-state index in [1.807, 2.05) is 18.2 Å². The van der Waals surface area contributed by atoms with Crippen LogP contribution in [-0.2, 0) is 6.54 Å². The molecule has 33 heavy (non-hydrogen) atoms. The Morgan fingerprint density at radius 2 is 1.97 bits per heavy atom. The fourth-order valence-corrected chi connectivity index (χ4v) is 4.37. The van der Waals surface area contributed by atoms with E-state index < -0.39 is 6.04 Å². The molecule has 0 saturated carbocycles. The fraction of sp³-hybridized carbons (Fsp3) is 0.167. The third-order valence-corrected chi connectivity index (χ3v) is 5.94. The third kappa shape index (κ3) is 3.48. The largest absolute Gasteiger partial charge is 0.507 e. The lowest BCUT2D eigenvalue weighted by atomic mass is 9.95. The zero-order valence-corrected chi connectivity index (χ0v) is 18.6. The summed E-state index contributed by atoms with van der Waals surface area (Å²) in [6.45, 7) is 0.244. The van der Waals surface area contributed by atoms with E-state index in [0.717, 1.165) is 5.56 Å². The number of halogens is 1. The lowest BCUT2D eigenvalue weighted by Gasteiger charge is -2.26. The number of carbonyl (C=O) groups excluding carboxylic acids is 1. The van der Waals surface area contributed by atoms with Gasteiger partial charge in [0.15, 0.2) is 11.5 Å². The summed E-state index contributed by atoms with van der Waals surface area (Å²) in [5.41, 5.74) is 2.64. The normalized spacial score (nSPS) is 15.1. The van der Waals surface area contributed by atoms with Crippen molar-refractivity contribution in [2.75, 3.05) is 14.2 Å². The Bertz CT molecular complexity index is 1330. The molecule has 2 N–H and O–H groups in total. The standard InChI is InChI=1S/C24H20ClN3O5/c1-31-18-8-5-13(10-19(18)32-2)23-20-21(16-11-14(25)6-7-17(16)29)26-27-22(20)24(30)28(23)12-15-4-3-9-33-15/h3-11,23,29H,12H2,1-2H3,(H,26,27). The van der Waals surface area contributed by atoms with E-state index in [4.69, 9.17) is 25.5 Å². The smallest absolute Gasteiger partial charge is 0.273 e. The van der Waals surface area contributed by atoms with Crippen LogP contribution < -0.4 is 9.47 Å². The summed E-state index contributed by atoms with van der Waals surface area (Å²) in [7, 11) is 3.12. The molecule has 0 aliphatic carbocycles. The SMILES string of the molecule is COc1ccc(C2c3c(-c4cc(Cl)ccc4O)n[nH]c3C(=O)N2Cc2ccco2)cc1OC. The van der Waals surface area contributed by atoms with Gasteiger partial charge in [-0.2, -0.15) is 5.10 Å². The van der Waals surface area contributed by atoms with Crippen molar-refractivity contribution in [2.45, 2.75) is 12.6 Å². The quantitative estimate of drug-likeness (QED) is 0.424. The lowest BCUT2D eigenvalue weighted by Crippen LogP contribution is -2.29. The number of methoxy groups -OCH3 is 2. The van der Waals surface area contributed by atoms with Gasteiger partial charge < -0.3 is 23.9 Å². The molecular weight excluding hydrogens is 446 g/mol. The summed E-state index contributed by atoms with van der Waals surface area (Å²) in [4.78, 5) is 15.1. The fourth-order valence-electron chi connectivity index (χ4n) is 4.20. The molecule has 0 spiro atoms. The lowest BCUT2D eigenvalue weighted by molar-refractivity contribution is 0.0717. The van der Waals surface area contributed by atoms with E-state index in [1.54, 1.807) is 49.6 Å². The van der Waals surface area contributed by atoms with E-state index in [2.05, 4.69) is 10.2 Å². The number of hydrogen-bond acceptors (Lipinski definition) is 6. The minimum atomic E-state index is -0.524. The van der Waals surface area contributed by atoms with Gasteiger partial charge in [-0.05, 0) is 48.0 Å². The minimum absolute atomic E-state index is 0.0108. The number of H-pyrrole nitrogens is 1. The predicted molar refractivity (Wildman–Crippen MR) is 121 cm³/mol. The van der Waals surface area contributed by atoms with Crippen molar-refractivity contribution in [2.24, 2.45) is 0 Å². The number of fused-ring (bicyclic) bond motifs is 1. The first-order valence-electron chi connectivity index (χ1n) is 10.1. The van der Waals surface area contributed by atoms with Crippen molar-refractivity contribution in [1.29, 1.82) is 0 Å². The minimum Gasteiger partial charge on any atom is -0.507 e. The molecule has 2 aromatic heterocycles. The van der Waals surface area contributed by atoms with Crippen LogP contribution in [0.3, 0.4) is 0 Å². The van der Waals surface area contributed by atoms with Crippen LogP contribution >= 0.6 is 11.6 Å². The first-order valence-corrected chi connectivity index (χ1v) is 10.5. The molecule has 0 radical (unpaired) electrons. The molecule has 9 heteroatoms. The van der Waals surface area contributed by atoms with Crippen LogP contribution in [0.25, 0.3) is 11.3 Å². The maximum atomic E-state index is 13.4. The highest BCUT2D eigenvalue weighted by Gasteiger charge is 2.43. The number of carbonyl (C=O) groups is 1. The molecule has 0 bridgehead atoms. The van der Waals surface area contributed by atoms with Crippen LogP contribution in [0.5, 0.6) is 17.2 Å². The summed E-state index contributed by atoms with van der Waals surface area (Å²) in [6.07, 6.45) is 1.57. The molecule has 1 aliphatic heterocycles. The van der Waals surface area contributed by atoms with Crippen molar-refractivity contribution >= 4 is 17.5 Å². The van der Waals surface area contributed by atoms with Gasteiger partial charge in [-0.1, -0.05) is 17.7 Å². The van der Waals surface area contributed by atoms with Gasteiger partial charge in [0.1, 0.15) is 22.9 Å². The number of aromatic amines is 1. The molecule has 1 unspecified atom stereocenters. The number of phenolic OH excluding ortho intramolecular Hbond substituents is 1. The van der Waals surface area contributed by atoms with Crippen molar-refractivity contribution in [3.05, 3.63) is 82.4 Å². The van der Waals surface area contributed by atoms with Crippen LogP contribution in [-0.4, -0.2) is 40.3 Å². The topological polar surface area (TPSA) is 101 Å². The van der Waals surface area contributed by atoms with Crippen molar-refractivity contribution < 1.29 is 23.8 Å². The third-order valence-electron chi connectivity index (χ3n) is 5.71. The van der Waals surface area contributed by atoms with Gasteiger partial charge in [0.2, 0.25) is 0 Å². The molecule has 0 fully saturated rings. The van der Waals surface area contributed by atoms with Crippen molar-refractivity contribution in [1.82, 2.24) is 15.1 Å². The number of phenols is 1. The highest BCUT2D eigenvalue weighted by Crippen LogP contribution is 2.46. The molecule has 168 valence electrons. The Labute approximate surface area is 194 Å². The van der Waals surface area contributed by atoms with Gasteiger partial charge in [-0.15, -0.1) is 0 Å². The van der Waals surface area contributed by atoms with E-state index in [9.17, 15) is 9.90 Å². The van der Waals surface area contributed by atoms with Gasteiger partial charge in [0.05, 0.1) is 33.1 Å². The molecule has 3 heterocycles. The molecular formula is C24H20ClN3O5. The maximum Gasteiger partial charge on any atom is 0.273 e. The molecule has 1 atom stereocenters.